The van der Waals surface area contributed by atoms with Crippen molar-refractivity contribution in [2.75, 3.05) is 19.0 Å². The van der Waals surface area contributed by atoms with Crippen LogP contribution in [0.3, 0.4) is 0 Å². The zero-order chi connectivity index (χ0) is 22.4. The summed E-state index contributed by atoms with van der Waals surface area (Å²) in [5.74, 6) is -0.220. The fourth-order valence-corrected chi connectivity index (χ4v) is 3.21. The normalized spacial score (nSPS) is 10.6. The number of carbonyl (C=O) groups is 2. The van der Waals surface area contributed by atoms with Crippen LogP contribution in [0.25, 0.3) is 5.69 Å². The second-order valence-corrected chi connectivity index (χ2v) is 7.48. The largest absolute Gasteiger partial charge is 0.495 e. The van der Waals surface area contributed by atoms with E-state index in [4.69, 9.17) is 16.3 Å². The third-order valence-electron chi connectivity index (χ3n) is 4.53. The van der Waals surface area contributed by atoms with Crippen LogP contribution < -0.4 is 20.9 Å². The van der Waals surface area contributed by atoms with Gasteiger partial charge in [-0.25, -0.2) is 4.68 Å². The van der Waals surface area contributed by atoms with Crippen molar-refractivity contribution >= 4 is 29.1 Å². The van der Waals surface area contributed by atoms with Gasteiger partial charge in [0.25, 0.3) is 11.8 Å². The van der Waals surface area contributed by atoms with Gasteiger partial charge in [0.2, 0.25) is 0 Å². The molecule has 1 heterocycles. The molecule has 0 radical (unpaired) electrons. The summed E-state index contributed by atoms with van der Waals surface area (Å²) in [4.78, 5) is 24.9. The molecule has 1 aromatic heterocycles. The Balaban J connectivity index is 1.65. The first-order chi connectivity index (χ1) is 14.9. The number of nitrogens with zero attached hydrogens (tertiary/aromatic N) is 2. The number of hydrogen-bond donors (Lipinski definition) is 3. The van der Waals surface area contributed by atoms with Crippen molar-refractivity contribution in [3.05, 3.63) is 71.0 Å². The molecule has 9 heteroatoms. The van der Waals surface area contributed by atoms with E-state index >= 15 is 0 Å². The van der Waals surface area contributed by atoms with Crippen LogP contribution in [-0.4, -0.2) is 35.2 Å². The molecular formula is C22H24ClN5O3. The second-order valence-electron chi connectivity index (χ2n) is 7.04. The van der Waals surface area contributed by atoms with Gasteiger partial charge in [-0.05, 0) is 42.3 Å². The number of halogens is 1. The minimum Gasteiger partial charge on any atom is -0.495 e. The van der Waals surface area contributed by atoms with E-state index in [1.54, 1.807) is 36.1 Å². The van der Waals surface area contributed by atoms with Crippen molar-refractivity contribution in [1.29, 1.82) is 0 Å². The number of benzene rings is 2. The number of amides is 2. The molecule has 3 aromatic rings. The highest BCUT2D eigenvalue weighted by molar-refractivity contribution is 6.30. The van der Waals surface area contributed by atoms with Gasteiger partial charge in [0.15, 0.2) is 0 Å². The summed E-state index contributed by atoms with van der Waals surface area (Å²) in [6.07, 6.45) is 1.48. The van der Waals surface area contributed by atoms with Crippen LogP contribution in [-0.2, 0) is 4.79 Å². The zero-order valence-corrected chi connectivity index (χ0v) is 18.2. The molecule has 31 heavy (non-hydrogen) atoms. The zero-order valence-electron chi connectivity index (χ0n) is 17.5. The number of para-hydroxylation sites is 2. The number of anilines is 1. The number of methoxy groups -OCH3 is 1. The molecule has 0 saturated carbocycles. The highest BCUT2D eigenvalue weighted by Gasteiger charge is 2.21. The summed E-state index contributed by atoms with van der Waals surface area (Å²) in [7, 11) is 1.55. The molecule has 162 valence electrons. The third-order valence-corrected chi connectivity index (χ3v) is 4.78. The van der Waals surface area contributed by atoms with Crippen LogP contribution >= 0.6 is 11.6 Å². The molecule has 8 nitrogen and oxygen atoms in total. The third kappa shape index (κ3) is 5.35. The quantitative estimate of drug-likeness (QED) is 0.487. The molecule has 0 aliphatic carbocycles. The summed E-state index contributed by atoms with van der Waals surface area (Å²) < 4.78 is 6.93. The van der Waals surface area contributed by atoms with Crippen molar-refractivity contribution in [3.63, 3.8) is 0 Å². The Morgan fingerprint density at radius 2 is 1.81 bits per heavy atom. The lowest BCUT2D eigenvalue weighted by Crippen LogP contribution is -2.44. The Morgan fingerprint density at radius 3 is 2.48 bits per heavy atom. The van der Waals surface area contributed by atoms with E-state index in [1.807, 2.05) is 38.1 Å². The topological polar surface area (TPSA) is 97.3 Å². The lowest BCUT2D eigenvalue weighted by molar-refractivity contribution is -0.120. The highest BCUT2D eigenvalue weighted by atomic mass is 35.5. The molecular weight excluding hydrogens is 418 g/mol. The van der Waals surface area contributed by atoms with Crippen molar-refractivity contribution in [2.24, 2.45) is 0 Å². The predicted octanol–water partition coefficient (Wildman–Crippen LogP) is 3.53. The maximum Gasteiger partial charge on any atom is 0.273 e. The van der Waals surface area contributed by atoms with Gasteiger partial charge in [-0.3, -0.25) is 20.4 Å². The van der Waals surface area contributed by atoms with Crippen LogP contribution in [0.2, 0.25) is 5.02 Å². The Bertz CT molecular complexity index is 1060. The molecule has 0 fully saturated rings. The van der Waals surface area contributed by atoms with Gasteiger partial charge in [-0.1, -0.05) is 37.6 Å². The van der Waals surface area contributed by atoms with Gasteiger partial charge >= 0.3 is 0 Å². The summed E-state index contributed by atoms with van der Waals surface area (Å²) in [5.41, 5.74) is 7.43. The maximum absolute atomic E-state index is 12.7. The molecule has 0 aliphatic rings. The SMILES string of the molecule is COc1ccccc1NCC(=O)NNC(=O)c1cnn(-c2ccc(Cl)cc2)c1C(C)C. The first-order valence-corrected chi connectivity index (χ1v) is 10.1. The number of carbonyl (C=O) groups excluding carboxylic acids is 2. The molecule has 0 unspecified atom stereocenters. The molecule has 0 saturated heterocycles. The summed E-state index contributed by atoms with van der Waals surface area (Å²) >= 11 is 5.96. The molecule has 0 aliphatic heterocycles. The van der Waals surface area contributed by atoms with E-state index in [0.717, 1.165) is 11.4 Å². The summed E-state index contributed by atoms with van der Waals surface area (Å²) in [5, 5.41) is 7.94. The number of nitrogens with one attached hydrogen (secondary N) is 3. The van der Waals surface area contributed by atoms with Crippen molar-refractivity contribution < 1.29 is 14.3 Å². The van der Waals surface area contributed by atoms with Gasteiger partial charge in [0, 0.05) is 5.02 Å². The van der Waals surface area contributed by atoms with Gasteiger partial charge in [0.1, 0.15) is 5.75 Å². The van der Waals surface area contributed by atoms with E-state index in [-0.39, 0.29) is 12.5 Å². The number of hydrazine groups is 1. The summed E-state index contributed by atoms with van der Waals surface area (Å²) in [6, 6.07) is 14.4. The maximum atomic E-state index is 12.7. The van der Waals surface area contributed by atoms with Crippen LogP contribution in [0.1, 0.15) is 35.8 Å². The Morgan fingerprint density at radius 1 is 1.10 bits per heavy atom. The van der Waals surface area contributed by atoms with Gasteiger partial charge in [-0.2, -0.15) is 5.10 Å². The lowest BCUT2D eigenvalue weighted by atomic mass is 10.1. The molecule has 2 aromatic carbocycles. The van der Waals surface area contributed by atoms with Gasteiger partial charge < -0.3 is 10.1 Å². The van der Waals surface area contributed by atoms with E-state index in [1.165, 1.54) is 6.20 Å². The number of rotatable bonds is 7. The average molecular weight is 442 g/mol. The van der Waals surface area contributed by atoms with Crippen molar-refractivity contribution in [2.45, 2.75) is 19.8 Å². The first-order valence-electron chi connectivity index (χ1n) is 9.70. The van der Waals surface area contributed by atoms with Gasteiger partial charge in [0.05, 0.1) is 42.5 Å². The molecule has 0 bridgehead atoms. The van der Waals surface area contributed by atoms with Crippen LogP contribution in [0, 0.1) is 0 Å². The fraction of sp³-hybridized carbons (Fsp3) is 0.227. The molecule has 0 spiro atoms. The van der Waals surface area contributed by atoms with E-state index in [2.05, 4.69) is 21.3 Å². The number of ether oxygens (including phenoxy) is 1. The Kier molecular flexibility index (Phi) is 7.15. The molecule has 3 N–H and O–H groups in total. The van der Waals surface area contributed by atoms with E-state index in [0.29, 0.717) is 22.0 Å². The predicted molar refractivity (Wildman–Crippen MR) is 120 cm³/mol. The van der Waals surface area contributed by atoms with Gasteiger partial charge in [-0.15, -0.1) is 0 Å². The van der Waals surface area contributed by atoms with Crippen molar-refractivity contribution in [3.8, 4) is 11.4 Å². The minimum atomic E-state index is -0.449. The smallest absolute Gasteiger partial charge is 0.273 e. The monoisotopic (exact) mass is 441 g/mol. The van der Waals surface area contributed by atoms with Crippen LogP contribution in [0.15, 0.2) is 54.7 Å². The van der Waals surface area contributed by atoms with Crippen LogP contribution in [0.5, 0.6) is 5.75 Å². The standard InChI is InChI=1S/C22H24ClN5O3/c1-14(2)21-17(12-25-28(21)16-10-8-15(23)9-11-16)22(30)27-26-20(29)13-24-18-6-4-5-7-19(18)31-3/h4-12,14,24H,13H2,1-3H3,(H,26,29)(H,27,30). The Hall–Kier alpha value is -3.52. The highest BCUT2D eigenvalue weighted by Crippen LogP contribution is 2.24. The van der Waals surface area contributed by atoms with E-state index in [9.17, 15) is 9.59 Å². The van der Waals surface area contributed by atoms with Crippen molar-refractivity contribution in [1.82, 2.24) is 20.6 Å². The average Bonchev–Trinajstić information content (AvgIpc) is 3.22. The van der Waals surface area contributed by atoms with E-state index < -0.39 is 11.8 Å². The number of aromatic nitrogens is 2. The van der Waals surface area contributed by atoms with Crippen LogP contribution in [0.4, 0.5) is 5.69 Å². The fourth-order valence-electron chi connectivity index (χ4n) is 3.08. The lowest BCUT2D eigenvalue weighted by Gasteiger charge is -2.14. The first kappa shape index (κ1) is 22.2. The number of hydrogen-bond acceptors (Lipinski definition) is 5. The molecule has 3 rings (SSSR count). The minimum absolute atomic E-state index is 0.0156. The second kappa shape index (κ2) is 9.99. The summed E-state index contributed by atoms with van der Waals surface area (Å²) in [6.45, 7) is 3.90. The Labute approximate surface area is 185 Å². The molecule has 2 amide bonds. The molecule has 0 atom stereocenters.